The summed E-state index contributed by atoms with van der Waals surface area (Å²) in [5.41, 5.74) is 1.85. The third kappa shape index (κ3) is 3.58. The van der Waals surface area contributed by atoms with Gasteiger partial charge in [0, 0.05) is 16.8 Å². The van der Waals surface area contributed by atoms with Gasteiger partial charge in [-0.3, -0.25) is 9.59 Å². The summed E-state index contributed by atoms with van der Waals surface area (Å²) in [6, 6.07) is 12.3. The van der Waals surface area contributed by atoms with Gasteiger partial charge in [0.2, 0.25) is 5.91 Å². The fourth-order valence-corrected chi connectivity index (χ4v) is 2.44. The molecule has 2 amide bonds. The normalized spacial score (nSPS) is 16.2. The predicted octanol–water partition coefficient (Wildman–Crippen LogP) is 3.71. The van der Waals surface area contributed by atoms with Gasteiger partial charge in [-0.1, -0.05) is 29.8 Å². The van der Waals surface area contributed by atoms with Crippen molar-refractivity contribution in [1.82, 2.24) is 0 Å². The van der Waals surface area contributed by atoms with Gasteiger partial charge < -0.3 is 15.4 Å². The Balaban J connectivity index is 1.70. The zero-order chi connectivity index (χ0) is 17.1. The molecule has 3 rings (SSSR count). The first-order valence-electron chi connectivity index (χ1n) is 7.38. The molecule has 2 N–H and O–H groups in total. The summed E-state index contributed by atoms with van der Waals surface area (Å²) >= 11 is 6.04. The molecule has 0 radical (unpaired) electrons. The van der Waals surface area contributed by atoms with E-state index in [4.69, 9.17) is 16.3 Å². The number of carbonyl (C=O) groups excluding carboxylic acids is 2. The van der Waals surface area contributed by atoms with E-state index >= 15 is 0 Å². The van der Waals surface area contributed by atoms with Gasteiger partial charge >= 0.3 is 0 Å². The molecule has 0 unspecified atom stereocenters. The highest BCUT2D eigenvalue weighted by Gasteiger charge is 2.23. The maximum atomic E-state index is 12.0. The van der Waals surface area contributed by atoms with Crippen molar-refractivity contribution >= 4 is 40.9 Å². The molecule has 5 nitrogen and oxygen atoms in total. The van der Waals surface area contributed by atoms with Crippen LogP contribution in [0, 0.1) is 0 Å². The second-order valence-electron chi connectivity index (χ2n) is 5.30. The van der Waals surface area contributed by atoms with Crippen LogP contribution in [0.4, 0.5) is 11.4 Å². The summed E-state index contributed by atoms with van der Waals surface area (Å²) in [7, 11) is 0. The standard InChI is InChI=1S/C18H15ClN2O3/c1-11-18(23)21-15-10-13(7-8-16(15)24-11)20-17(22)9-6-12-4-2-3-5-14(12)19/h2-11H,1H3,(H,20,22)(H,21,23)/b9-6+/t11-/m0/s1. The molecule has 24 heavy (non-hydrogen) atoms. The monoisotopic (exact) mass is 342 g/mol. The number of rotatable bonds is 3. The van der Waals surface area contributed by atoms with Crippen molar-refractivity contribution in [2.45, 2.75) is 13.0 Å². The molecule has 2 aromatic carbocycles. The van der Waals surface area contributed by atoms with E-state index in [0.717, 1.165) is 5.56 Å². The van der Waals surface area contributed by atoms with E-state index in [1.807, 2.05) is 18.2 Å². The smallest absolute Gasteiger partial charge is 0.265 e. The lowest BCUT2D eigenvalue weighted by atomic mass is 10.2. The van der Waals surface area contributed by atoms with E-state index < -0.39 is 6.10 Å². The van der Waals surface area contributed by atoms with Gasteiger partial charge in [-0.15, -0.1) is 0 Å². The van der Waals surface area contributed by atoms with E-state index in [1.54, 1.807) is 37.3 Å². The summed E-state index contributed by atoms with van der Waals surface area (Å²) in [5, 5.41) is 6.04. The number of ether oxygens (including phenoxy) is 1. The highest BCUT2D eigenvalue weighted by atomic mass is 35.5. The molecular formula is C18H15ClN2O3. The highest BCUT2D eigenvalue weighted by Crippen LogP contribution is 2.32. The first kappa shape index (κ1) is 16.1. The quantitative estimate of drug-likeness (QED) is 0.835. The first-order chi connectivity index (χ1) is 11.5. The van der Waals surface area contributed by atoms with Crippen LogP contribution in [0.3, 0.4) is 0 Å². The van der Waals surface area contributed by atoms with Crippen LogP contribution >= 0.6 is 11.6 Å². The van der Waals surface area contributed by atoms with Crippen molar-refractivity contribution in [2.24, 2.45) is 0 Å². The molecule has 1 heterocycles. The Morgan fingerprint density at radius 2 is 2.08 bits per heavy atom. The molecule has 0 saturated heterocycles. The van der Waals surface area contributed by atoms with E-state index in [9.17, 15) is 9.59 Å². The van der Waals surface area contributed by atoms with Crippen molar-refractivity contribution in [3.63, 3.8) is 0 Å². The summed E-state index contributed by atoms with van der Waals surface area (Å²) in [5.74, 6) is 0.0580. The molecular weight excluding hydrogens is 328 g/mol. The molecule has 122 valence electrons. The van der Waals surface area contributed by atoms with Crippen molar-refractivity contribution in [1.29, 1.82) is 0 Å². The average Bonchev–Trinajstić information content (AvgIpc) is 2.55. The number of amides is 2. The van der Waals surface area contributed by atoms with Crippen LogP contribution in [0.5, 0.6) is 5.75 Å². The number of hydrogen-bond acceptors (Lipinski definition) is 3. The molecule has 0 saturated carbocycles. The van der Waals surface area contributed by atoms with Gasteiger partial charge in [-0.25, -0.2) is 0 Å². The van der Waals surface area contributed by atoms with Gasteiger partial charge in [0.15, 0.2) is 6.10 Å². The Morgan fingerprint density at radius 1 is 1.29 bits per heavy atom. The molecule has 0 aliphatic carbocycles. The summed E-state index contributed by atoms with van der Waals surface area (Å²) in [6.07, 6.45) is 2.51. The van der Waals surface area contributed by atoms with Crippen LogP contribution in [0.1, 0.15) is 12.5 Å². The van der Waals surface area contributed by atoms with E-state index in [0.29, 0.717) is 22.1 Å². The Labute approximate surface area is 144 Å². The first-order valence-corrected chi connectivity index (χ1v) is 7.76. The van der Waals surface area contributed by atoms with Crippen LogP contribution in [0.15, 0.2) is 48.5 Å². The zero-order valence-electron chi connectivity index (χ0n) is 12.9. The Hall–Kier alpha value is -2.79. The fraction of sp³-hybridized carbons (Fsp3) is 0.111. The van der Waals surface area contributed by atoms with Crippen LogP contribution in [-0.2, 0) is 9.59 Å². The molecule has 1 aliphatic heterocycles. The van der Waals surface area contributed by atoms with Crippen LogP contribution in [-0.4, -0.2) is 17.9 Å². The summed E-state index contributed by atoms with van der Waals surface area (Å²) in [6.45, 7) is 1.67. The zero-order valence-corrected chi connectivity index (χ0v) is 13.6. The minimum Gasteiger partial charge on any atom is -0.479 e. The van der Waals surface area contributed by atoms with Gasteiger partial charge in [-0.2, -0.15) is 0 Å². The van der Waals surface area contributed by atoms with Crippen molar-refractivity contribution in [2.75, 3.05) is 10.6 Å². The largest absolute Gasteiger partial charge is 0.479 e. The Bertz CT molecular complexity index is 833. The second kappa shape index (κ2) is 6.76. The molecule has 0 fully saturated rings. The molecule has 6 heteroatoms. The lowest BCUT2D eigenvalue weighted by Crippen LogP contribution is -2.34. The molecule has 0 spiro atoms. The van der Waals surface area contributed by atoms with Crippen LogP contribution in [0.25, 0.3) is 6.08 Å². The molecule has 0 bridgehead atoms. The van der Waals surface area contributed by atoms with E-state index in [2.05, 4.69) is 10.6 Å². The lowest BCUT2D eigenvalue weighted by molar-refractivity contribution is -0.122. The number of anilines is 2. The number of carbonyl (C=O) groups is 2. The topological polar surface area (TPSA) is 67.4 Å². The number of benzene rings is 2. The molecule has 2 aromatic rings. The lowest BCUT2D eigenvalue weighted by Gasteiger charge is -2.23. The maximum Gasteiger partial charge on any atom is 0.265 e. The number of hydrogen-bond donors (Lipinski definition) is 2. The summed E-state index contributed by atoms with van der Waals surface area (Å²) in [4.78, 5) is 23.7. The number of halogens is 1. The van der Waals surface area contributed by atoms with E-state index in [1.165, 1.54) is 6.08 Å². The third-order valence-corrected chi connectivity index (χ3v) is 3.84. The van der Waals surface area contributed by atoms with Crippen molar-refractivity contribution in [3.8, 4) is 5.75 Å². The number of fused-ring (bicyclic) bond motifs is 1. The predicted molar refractivity (Wildman–Crippen MR) is 94.3 cm³/mol. The SMILES string of the molecule is C[C@@H]1Oc2ccc(NC(=O)/C=C/c3ccccc3Cl)cc2NC1=O. The van der Waals surface area contributed by atoms with E-state index in [-0.39, 0.29) is 11.8 Å². The van der Waals surface area contributed by atoms with Gasteiger partial charge in [-0.05, 0) is 42.8 Å². The average molecular weight is 343 g/mol. The van der Waals surface area contributed by atoms with Crippen molar-refractivity contribution in [3.05, 3.63) is 59.1 Å². The van der Waals surface area contributed by atoms with Crippen LogP contribution < -0.4 is 15.4 Å². The summed E-state index contributed by atoms with van der Waals surface area (Å²) < 4.78 is 5.47. The molecule has 0 aromatic heterocycles. The van der Waals surface area contributed by atoms with Gasteiger partial charge in [0.1, 0.15) is 5.75 Å². The molecule has 1 aliphatic rings. The second-order valence-corrected chi connectivity index (χ2v) is 5.71. The van der Waals surface area contributed by atoms with Gasteiger partial charge in [0.05, 0.1) is 5.69 Å². The number of nitrogens with one attached hydrogen (secondary N) is 2. The Morgan fingerprint density at radius 3 is 2.88 bits per heavy atom. The minimum absolute atomic E-state index is 0.218. The minimum atomic E-state index is -0.531. The highest BCUT2D eigenvalue weighted by molar-refractivity contribution is 6.32. The molecule has 1 atom stereocenters. The van der Waals surface area contributed by atoms with Crippen LogP contribution in [0.2, 0.25) is 5.02 Å². The fourth-order valence-electron chi connectivity index (χ4n) is 2.25. The maximum absolute atomic E-state index is 12.0. The Kier molecular flexibility index (Phi) is 4.53. The third-order valence-electron chi connectivity index (χ3n) is 3.50. The van der Waals surface area contributed by atoms with Crippen molar-refractivity contribution < 1.29 is 14.3 Å². The van der Waals surface area contributed by atoms with Gasteiger partial charge in [0.25, 0.3) is 5.91 Å².